The monoisotopic (exact) mass is 651 g/mol. The fourth-order valence-electron chi connectivity index (χ4n) is 6.68. The number of pyridine rings is 1. The van der Waals surface area contributed by atoms with Gasteiger partial charge in [0.2, 0.25) is 0 Å². The molecule has 0 radical (unpaired) electrons. The lowest BCUT2D eigenvalue weighted by molar-refractivity contribution is -0.122. The molecular weight excluding hydrogens is 598 g/mol. The van der Waals surface area contributed by atoms with Crippen molar-refractivity contribution in [3.8, 4) is 22.6 Å². The second-order valence-corrected chi connectivity index (χ2v) is 16.3. The molecule has 256 valence electrons. The number of rotatable bonds is 10. The van der Waals surface area contributed by atoms with Crippen LogP contribution >= 0.6 is 0 Å². The maximum absolute atomic E-state index is 13.9. The summed E-state index contributed by atoms with van der Waals surface area (Å²) in [5.74, 6) is 1.47. The van der Waals surface area contributed by atoms with E-state index in [0.717, 1.165) is 72.6 Å². The van der Waals surface area contributed by atoms with Gasteiger partial charge in [0, 0.05) is 67.9 Å². The Labute approximate surface area is 285 Å². The van der Waals surface area contributed by atoms with E-state index in [1.54, 1.807) is 31.7 Å². The van der Waals surface area contributed by atoms with Gasteiger partial charge in [-0.25, -0.2) is 9.97 Å². The van der Waals surface area contributed by atoms with Crippen molar-refractivity contribution in [2.45, 2.75) is 118 Å². The Kier molecular flexibility index (Phi) is 10.5. The van der Waals surface area contributed by atoms with Crippen LogP contribution in [0.3, 0.4) is 0 Å². The molecule has 0 saturated heterocycles. The normalized spacial score (nSPS) is 17.9. The highest BCUT2D eigenvalue weighted by Crippen LogP contribution is 2.41. The van der Waals surface area contributed by atoms with E-state index in [9.17, 15) is 9.59 Å². The van der Waals surface area contributed by atoms with Gasteiger partial charge in [0.15, 0.2) is 0 Å². The van der Waals surface area contributed by atoms with Gasteiger partial charge in [-0.05, 0) is 80.8 Å². The fraction of sp³-hybridized carbons (Fsp3) is 0.564. The number of aryl methyl sites for hydroxylation is 1. The lowest BCUT2D eigenvalue weighted by atomic mass is 9.71. The number of nitrogens with zero attached hydrogens (tertiary/aromatic N) is 7. The van der Waals surface area contributed by atoms with Crippen molar-refractivity contribution >= 4 is 5.78 Å². The smallest absolute Gasteiger partial charge is 0.250 e. The van der Waals surface area contributed by atoms with Gasteiger partial charge in [0.05, 0.1) is 29.2 Å². The van der Waals surface area contributed by atoms with Crippen LogP contribution in [0.1, 0.15) is 123 Å². The molecule has 1 atom stereocenters. The average molecular weight is 652 g/mol. The SMILES string of the molecule is CC(C)n1ccc(-c2nc(CC3CCC(C(C(=O)CCC(C)(C)C)c4cnc(-c5ccn(C)c(=O)c5)cn4)CC3)ncc2C(C)(C)C)n1. The Morgan fingerprint density at radius 3 is 2.23 bits per heavy atom. The van der Waals surface area contributed by atoms with Crippen molar-refractivity contribution in [2.75, 3.05) is 0 Å². The summed E-state index contributed by atoms with van der Waals surface area (Å²) in [6, 6.07) is 5.76. The molecule has 1 fully saturated rings. The van der Waals surface area contributed by atoms with Gasteiger partial charge in [-0.2, -0.15) is 5.10 Å². The van der Waals surface area contributed by atoms with Crippen LogP contribution in [0.2, 0.25) is 0 Å². The number of ketones is 1. The molecule has 1 unspecified atom stereocenters. The third-order valence-corrected chi connectivity index (χ3v) is 9.72. The van der Waals surface area contributed by atoms with Crippen LogP contribution in [0.15, 0.2) is 54.0 Å². The number of hydrogen-bond acceptors (Lipinski definition) is 7. The largest absolute Gasteiger partial charge is 0.319 e. The van der Waals surface area contributed by atoms with E-state index < -0.39 is 0 Å². The van der Waals surface area contributed by atoms with Gasteiger partial charge >= 0.3 is 0 Å². The predicted octanol–water partition coefficient (Wildman–Crippen LogP) is 7.90. The van der Waals surface area contributed by atoms with E-state index in [4.69, 9.17) is 20.1 Å². The summed E-state index contributed by atoms with van der Waals surface area (Å²) in [7, 11) is 1.72. The molecule has 0 amide bonds. The zero-order chi connectivity index (χ0) is 34.8. The molecule has 5 rings (SSSR count). The van der Waals surface area contributed by atoms with Crippen LogP contribution < -0.4 is 5.56 Å². The van der Waals surface area contributed by atoms with Crippen LogP contribution in [0.25, 0.3) is 22.6 Å². The summed E-state index contributed by atoms with van der Waals surface area (Å²) >= 11 is 0. The first-order valence-electron chi connectivity index (χ1n) is 17.5. The second-order valence-electron chi connectivity index (χ2n) is 16.3. The molecule has 4 heterocycles. The van der Waals surface area contributed by atoms with Gasteiger partial charge < -0.3 is 4.57 Å². The third-order valence-electron chi connectivity index (χ3n) is 9.72. The van der Waals surface area contributed by atoms with Gasteiger partial charge in [-0.1, -0.05) is 41.5 Å². The first-order valence-corrected chi connectivity index (χ1v) is 17.5. The number of carbonyl (C=O) groups excluding carboxylic acids is 1. The summed E-state index contributed by atoms with van der Waals surface area (Å²) in [5.41, 5.74) is 4.86. The van der Waals surface area contributed by atoms with Crippen molar-refractivity contribution in [3.63, 3.8) is 0 Å². The third kappa shape index (κ3) is 8.52. The summed E-state index contributed by atoms with van der Waals surface area (Å²) in [6.45, 7) is 17.4. The highest BCUT2D eigenvalue weighted by atomic mass is 16.1. The van der Waals surface area contributed by atoms with E-state index in [0.29, 0.717) is 18.0 Å². The Balaban J connectivity index is 1.33. The molecule has 1 saturated carbocycles. The fourth-order valence-corrected chi connectivity index (χ4v) is 6.68. The molecule has 1 aliphatic rings. The predicted molar refractivity (Wildman–Crippen MR) is 191 cm³/mol. The number of aromatic nitrogens is 7. The Hall–Kier alpha value is -4.01. The van der Waals surface area contributed by atoms with E-state index in [2.05, 4.69) is 66.4 Å². The topological polar surface area (TPSA) is 108 Å². The number of Topliss-reactive ketones (excluding diaryl/α,β-unsaturated/α-hetero) is 1. The highest BCUT2D eigenvalue weighted by Gasteiger charge is 2.35. The average Bonchev–Trinajstić information content (AvgIpc) is 3.53. The van der Waals surface area contributed by atoms with Gasteiger partial charge in [-0.3, -0.25) is 24.2 Å². The van der Waals surface area contributed by atoms with Crippen LogP contribution in [0.5, 0.6) is 0 Å². The van der Waals surface area contributed by atoms with Gasteiger partial charge in [-0.15, -0.1) is 0 Å². The second kappa shape index (κ2) is 14.2. The molecule has 1 aliphatic carbocycles. The van der Waals surface area contributed by atoms with E-state index in [1.807, 2.05) is 23.1 Å². The van der Waals surface area contributed by atoms with Gasteiger partial charge in [0.25, 0.3) is 5.56 Å². The zero-order valence-electron chi connectivity index (χ0n) is 30.3. The van der Waals surface area contributed by atoms with E-state index >= 15 is 0 Å². The molecule has 48 heavy (non-hydrogen) atoms. The molecule has 9 nitrogen and oxygen atoms in total. The summed E-state index contributed by atoms with van der Waals surface area (Å²) in [6.07, 6.45) is 15.3. The Bertz CT molecular complexity index is 1770. The van der Waals surface area contributed by atoms with Crippen molar-refractivity contribution in [2.24, 2.45) is 24.3 Å². The summed E-state index contributed by atoms with van der Waals surface area (Å²) in [4.78, 5) is 45.5. The van der Waals surface area contributed by atoms with Crippen LogP contribution in [0.4, 0.5) is 0 Å². The van der Waals surface area contributed by atoms with Crippen molar-refractivity contribution in [1.82, 2.24) is 34.3 Å². The molecule has 4 aromatic heterocycles. The van der Waals surface area contributed by atoms with Crippen LogP contribution in [-0.2, 0) is 23.7 Å². The van der Waals surface area contributed by atoms with Crippen LogP contribution in [0, 0.1) is 17.3 Å². The lowest BCUT2D eigenvalue weighted by Gasteiger charge is -2.33. The molecule has 4 aromatic rings. The van der Waals surface area contributed by atoms with Gasteiger partial charge in [0.1, 0.15) is 17.3 Å². The van der Waals surface area contributed by atoms with Crippen molar-refractivity contribution in [3.05, 3.63) is 76.6 Å². The number of hydrogen-bond donors (Lipinski definition) is 0. The first kappa shape index (κ1) is 35.3. The molecule has 9 heteroatoms. The highest BCUT2D eigenvalue weighted by molar-refractivity contribution is 5.85. The lowest BCUT2D eigenvalue weighted by Crippen LogP contribution is -2.28. The summed E-state index contributed by atoms with van der Waals surface area (Å²) in [5, 5.41) is 4.85. The van der Waals surface area contributed by atoms with Crippen LogP contribution in [-0.4, -0.2) is 40.1 Å². The number of carbonyl (C=O) groups is 1. The summed E-state index contributed by atoms with van der Waals surface area (Å²) < 4.78 is 3.51. The molecular formula is C39H53N7O2. The Morgan fingerprint density at radius 2 is 1.65 bits per heavy atom. The molecule has 0 bridgehead atoms. The van der Waals surface area contributed by atoms with Crippen molar-refractivity contribution < 1.29 is 4.79 Å². The van der Waals surface area contributed by atoms with Crippen molar-refractivity contribution in [1.29, 1.82) is 0 Å². The van der Waals surface area contributed by atoms with E-state index in [1.165, 1.54) is 4.57 Å². The minimum Gasteiger partial charge on any atom is -0.319 e. The standard InChI is InChI=1S/C39H53N7O2/c1-25(2)46-19-16-30(44-46)37-29(39(6,7)8)22-42-34(43-37)20-26-10-12-27(13-11-26)36(33(47)14-17-38(3,4)5)32-24-40-31(23-41-32)28-15-18-45(9)35(48)21-28/h15-16,18-19,21-27,36H,10-14,17,20H2,1-9H3. The minimum absolute atomic E-state index is 0.0707. The molecule has 0 spiro atoms. The maximum atomic E-state index is 13.9. The first-order chi connectivity index (χ1) is 22.6. The Morgan fingerprint density at radius 1 is 0.917 bits per heavy atom. The van der Waals surface area contributed by atoms with E-state index in [-0.39, 0.29) is 40.1 Å². The molecule has 0 aliphatic heterocycles. The minimum atomic E-state index is -0.288. The molecule has 0 aromatic carbocycles. The molecule has 0 N–H and O–H groups in total. The zero-order valence-corrected chi connectivity index (χ0v) is 30.3. The quantitative estimate of drug-likeness (QED) is 0.171. The maximum Gasteiger partial charge on any atom is 0.250 e.